The number of ether oxygens (including phenoxy) is 1. The van der Waals surface area contributed by atoms with Crippen LogP contribution in [0.4, 0.5) is 4.79 Å². The Labute approximate surface area is 136 Å². The van der Waals surface area contributed by atoms with Gasteiger partial charge in [-0.3, -0.25) is 0 Å². The highest BCUT2D eigenvalue weighted by Crippen LogP contribution is 2.16. The molecule has 0 fully saturated rings. The zero-order valence-electron chi connectivity index (χ0n) is 13.8. The molecule has 0 saturated heterocycles. The second-order valence-electron chi connectivity index (χ2n) is 5.22. The van der Waals surface area contributed by atoms with E-state index in [1.54, 1.807) is 0 Å². The minimum absolute atomic E-state index is 0.161. The minimum Gasteiger partial charge on any atom is -0.372 e. The number of nitrogens with zero attached hydrogens (tertiary/aromatic N) is 1. The summed E-state index contributed by atoms with van der Waals surface area (Å²) in [6.07, 6.45) is -0.161. The van der Waals surface area contributed by atoms with Gasteiger partial charge in [0.25, 0.3) is 0 Å². The summed E-state index contributed by atoms with van der Waals surface area (Å²) >= 11 is 0. The van der Waals surface area contributed by atoms with Crippen molar-refractivity contribution in [3.63, 3.8) is 0 Å². The number of aromatic nitrogens is 1. The predicted molar refractivity (Wildman–Crippen MR) is 87.0 cm³/mol. The third-order valence-electron chi connectivity index (χ3n) is 3.59. The number of carbonyl (C=O) groups excluding carboxylic acids is 1. The van der Waals surface area contributed by atoms with Crippen LogP contribution in [0.2, 0.25) is 0 Å². The maximum atomic E-state index is 12.0. The fraction of sp³-hybridized carbons (Fsp3) is 0.412. The predicted octanol–water partition coefficient (Wildman–Crippen LogP) is 2.87. The Kier molecular flexibility index (Phi) is 6.17. The van der Waals surface area contributed by atoms with Gasteiger partial charge in [-0.2, -0.15) is 0 Å². The Balaban J connectivity index is 1.84. The van der Waals surface area contributed by atoms with Crippen molar-refractivity contribution in [1.29, 1.82) is 0 Å². The molecule has 2 aromatic rings. The molecule has 0 aliphatic carbocycles. The van der Waals surface area contributed by atoms with Crippen LogP contribution in [0, 0.1) is 13.8 Å². The van der Waals surface area contributed by atoms with E-state index in [2.05, 4.69) is 15.8 Å². The summed E-state index contributed by atoms with van der Waals surface area (Å²) < 4.78 is 10.8. The van der Waals surface area contributed by atoms with Gasteiger partial charge < -0.3 is 19.9 Å². The van der Waals surface area contributed by atoms with Crippen LogP contribution in [0.15, 0.2) is 34.9 Å². The molecular weight excluding hydrogens is 294 g/mol. The van der Waals surface area contributed by atoms with Crippen LogP contribution in [0.1, 0.15) is 35.6 Å². The summed E-state index contributed by atoms with van der Waals surface area (Å²) in [6.45, 7) is 7.00. The first-order valence-electron chi connectivity index (χ1n) is 7.71. The van der Waals surface area contributed by atoms with Gasteiger partial charge in [0, 0.05) is 25.3 Å². The fourth-order valence-electron chi connectivity index (χ4n) is 2.31. The zero-order valence-corrected chi connectivity index (χ0v) is 13.8. The highest BCUT2D eigenvalue weighted by atomic mass is 16.5. The van der Waals surface area contributed by atoms with Crippen LogP contribution in [0.25, 0.3) is 0 Å². The van der Waals surface area contributed by atoms with Crippen molar-refractivity contribution in [3.05, 3.63) is 52.9 Å². The lowest BCUT2D eigenvalue weighted by Crippen LogP contribution is -2.38. The molecule has 6 heteroatoms. The first-order chi connectivity index (χ1) is 11.1. The van der Waals surface area contributed by atoms with Gasteiger partial charge in [-0.1, -0.05) is 35.5 Å². The van der Waals surface area contributed by atoms with Gasteiger partial charge in [-0.15, -0.1) is 0 Å². The summed E-state index contributed by atoms with van der Waals surface area (Å²) in [6, 6.07) is 9.60. The van der Waals surface area contributed by atoms with Crippen LogP contribution in [-0.2, 0) is 11.3 Å². The quantitative estimate of drug-likeness (QED) is 0.823. The van der Waals surface area contributed by atoms with Gasteiger partial charge in [0.15, 0.2) is 0 Å². The molecule has 0 radical (unpaired) electrons. The van der Waals surface area contributed by atoms with E-state index in [1.807, 2.05) is 51.1 Å². The van der Waals surface area contributed by atoms with Gasteiger partial charge >= 0.3 is 6.03 Å². The van der Waals surface area contributed by atoms with Crippen LogP contribution in [0.5, 0.6) is 0 Å². The van der Waals surface area contributed by atoms with Gasteiger partial charge in [-0.05, 0) is 26.3 Å². The number of urea groups is 1. The Morgan fingerprint density at radius 2 is 2.00 bits per heavy atom. The van der Waals surface area contributed by atoms with E-state index in [0.717, 1.165) is 22.6 Å². The number of hydrogen-bond acceptors (Lipinski definition) is 4. The molecule has 23 heavy (non-hydrogen) atoms. The van der Waals surface area contributed by atoms with Crippen LogP contribution in [-0.4, -0.2) is 24.3 Å². The topological polar surface area (TPSA) is 76.4 Å². The summed E-state index contributed by atoms with van der Waals surface area (Å²) in [5.41, 5.74) is 2.74. The van der Waals surface area contributed by atoms with Gasteiger partial charge in [0.2, 0.25) is 0 Å². The molecular formula is C17H23N3O3. The summed E-state index contributed by atoms with van der Waals surface area (Å²) in [5, 5.41) is 9.52. The first-order valence-corrected chi connectivity index (χ1v) is 7.71. The van der Waals surface area contributed by atoms with Crippen molar-refractivity contribution in [2.24, 2.45) is 0 Å². The average Bonchev–Trinajstić information content (AvgIpc) is 2.88. The van der Waals surface area contributed by atoms with Crippen molar-refractivity contribution in [2.75, 3.05) is 13.2 Å². The van der Waals surface area contributed by atoms with Crippen molar-refractivity contribution < 1.29 is 14.1 Å². The van der Waals surface area contributed by atoms with Crippen LogP contribution < -0.4 is 10.6 Å². The highest BCUT2D eigenvalue weighted by molar-refractivity contribution is 5.73. The molecule has 1 aromatic heterocycles. The van der Waals surface area contributed by atoms with E-state index in [1.165, 1.54) is 0 Å². The van der Waals surface area contributed by atoms with E-state index in [0.29, 0.717) is 19.7 Å². The van der Waals surface area contributed by atoms with Crippen molar-refractivity contribution in [2.45, 2.75) is 33.4 Å². The van der Waals surface area contributed by atoms with E-state index >= 15 is 0 Å². The SMILES string of the molecule is CCOC(CNC(=O)NCc1c(C)noc1C)c1ccccc1. The normalized spacial score (nSPS) is 12.0. The molecule has 6 nitrogen and oxygen atoms in total. The van der Waals surface area contributed by atoms with Gasteiger partial charge in [0.1, 0.15) is 5.76 Å². The zero-order chi connectivity index (χ0) is 16.7. The number of aryl methyl sites for hydroxylation is 2. The average molecular weight is 317 g/mol. The van der Waals surface area contributed by atoms with Crippen molar-refractivity contribution >= 4 is 6.03 Å². The summed E-state index contributed by atoms with van der Waals surface area (Å²) in [5.74, 6) is 0.722. The van der Waals surface area contributed by atoms with Crippen molar-refractivity contribution in [1.82, 2.24) is 15.8 Å². The van der Waals surface area contributed by atoms with E-state index < -0.39 is 0 Å². The molecule has 0 aliphatic heterocycles. The maximum Gasteiger partial charge on any atom is 0.315 e. The molecule has 0 aliphatic rings. The van der Waals surface area contributed by atoms with E-state index in [-0.39, 0.29) is 12.1 Å². The van der Waals surface area contributed by atoms with E-state index in [9.17, 15) is 4.79 Å². The van der Waals surface area contributed by atoms with Gasteiger partial charge in [0.05, 0.1) is 11.8 Å². The Bertz CT molecular complexity index is 606. The Morgan fingerprint density at radius 3 is 2.61 bits per heavy atom. The number of carbonyl (C=O) groups is 1. The molecule has 1 unspecified atom stereocenters. The lowest BCUT2D eigenvalue weighted by molar-refractivity contribution is 0.0639. The lowest BCUT2D eigenvalue weighted by atomic mass is 10.1. The molecule has 1 aromatic carbocycles. The lowest BCUT2D eigenvalue weighted by Gasteiger charge is -2.18. The summed E-state index contributed by atoms with van der Waals surface area (Å²) in [7, 11) is 0. The standard InChI is InChI=1S/C17H23N3O3/c1-4-22-16(14-8-6-5-7-9-14)11-19-17(21)18-10-15-12(2)20-23-13(15)3/h5-9,16H,4,10-11H2,1-3H3,(H2,18,19,21). The summed E-state index contributed by atoms with van der Waals surface area (Å²) in [4.78, 5) is 12.0. The monoisotopic (exact) mass is 317 g/mol. The number of benzene rings is 1. The second kappa shape index (κ2) is 8.33. The first kappa shape index (κ1) is 17.0. The third kappa shape index (κ3) is 4.82. The molecule has 2 amide bonds. The van der Waals surface area contributed by atoms with Crippen LogP contribution >= 0.6 is 0 Å². The number of amides is 2. The largest absolute Gasteiger partial charge is 0.372 e. The Hall–Kier alpha value is -2.34. The highest BCUT2D eigenvalue weighted by Gasteiger charge is 2.14. The maximum absolute atomic E-state index is 12.0. The molecule has 0 spiro atoms. The van der Waals surface area contributed by atoms with Crippen molar-refractivity contribution in [3.8, 4) is 0 Å². The molecule has 2 rings (SSSR count). The Morgan fingerprint density at radius 1 is 1.26 bits per heavy atom. The van der Waals surface area contributed by atoms with Crippen LogP contribution in [0.3, 0.4) is 0 Å². The number of hydrogen-bond donors (Lipinski definition) is 2. The number of nitrogens with one attached hydrogen (secondary N) is 2. The molecule has 1 atom stereocenters. The minimum atomic E-state index is -0.245. The second-order valence-corrected chi connectivity index (χ2v) is 5.22. The molecule has 1 heterocycles. The smallest absolute Gasteiger partial charge is 0.315 e. The molecule has 124 valence electrons. The molecule has 0 saturated carbocycles. The fourth-order valence-corrected chi connectivity index (χ4v) is 2.31. The van der Waals surface area contributed by atoms with Gasteiger partial charge in [-0.25, -0.2) is 4.79 Å². The third-order valence-corrected chi connectivity index (χ3v) is 3.59. The molecule has 0 bridgehead atoms. The molecule has 2 N–H and O–H groups in total. The number of rotatable bonds is 7. The van der Waals surface area contributed by atoms with E-state index in [4.69, 9.17) is 9.26 Å².